The second kappa shape index (κ2) is 14.7. The largest absolute Gasteiger partial charge is 0.463 e. The van der Waals surface area contributed by atoms with Gasteiger partial charge < -0.3 is 24.8 Å². The molecule has 12 nitrogen and oxygen atoms in total. The van der Waals surface area contributed by atoms with Crippen LogP contribution >= 0.6 is 23.4 Å². The van der Waals surface area contributed by atoms with Crippen molar-refractivity contribution in [1.82, 2.24) is 4.98 Å². The van der Waals surface area contributed by atoms with Gasteiger partial charge in [0.25, 0.3) is 0 Å². The van der Waals surface area contributed by atoms with Crippen LogP contribution in [0.4, 0.5) is 8.78 Å². The van der Waals surface area contributed by atoms with Gasteiger partial charge >= 0.3 is 17.9 Å². The standard InChI is InChI=1S/C26H24ClF2N5O7S/c1-12(35)38-11-22-24(39-13(2)36)23(33-10-21(34-31)15-4-19(28)18(7-30)20(29)5-15)25(40-14(3)37)26(41-22)42-17-6-16(27)8-32-9-17/h4-6,8-10,22-26H,11,31H2,1-3H3/t22?,23?,24-,25?,26+/m0/s1. The average molecular weight is 624 g/mol. The minimum atomic E-state index is -1.29. The maximum atomic E-state index is 14.3. The molecule has 1 fully saturated rings. The lowest BCUT2D eigenvalue weighted by Crippen LogP contribution is -2.59. The molecule has 0 saturated carbocycles. The summed E-state index contributed by atoms with van der Waals surface area (Å²) in [7, 11) is 0. The lowest BCUT2D eigenvalue weighted by atomic mass is 9.97. The molecule has 3 rings (SSSR count). The molecule has 5 atom stereocenters. The molecule has 1 aromatic carbocycles. The molecule has 42 heavy (non-hydrogen) atoms. The number of hydrogen-bond donors (Lipinski definition) is 1. The Kier molecular flexibility index (Phi) is 11.3. The summed E-state index contributed by atoms with van der Waals surface area (Å²) in [5.41, 5.74) is -2.23. The van der Waals surface area contributed by atoms with Crippen molar-refractivity contribution in [1.29, 1.82) is 5.26 Å². The van der Waals surface area contributed by atoms with Crippen molar-refractivity contribution >= 4 is 53.2 Å². The lowest BCUT2D eigenvalue weighted by molar-refractivity contribution is -0.200. The SMILES string of the molecule is CC(=O)OCC1O[C@H](Sc2cncc(Cl)c2)C(OC(C)=O)C(N=CC(=NN)c2cc(F)c(C#N)c(F)c2)[C@H]1OC(C)=O. The molecule has 0 aliphatic carbocycles. The fourth-order valence-corrected chi connectivity index (χ4v) is 5.28. The summed E-state index contributed by atoms with van der Waals surface area (Å²) in [4.78, 5) is 44.8. The Morgan fingerprint density at radius 3 is 2.31 bits per heavy atom. The molecule has 1 aliphatic rings. The van der Waals surface area contributed by atoms with Crippen LogP contribution in [0.1, 0.15) is 31.9 Å². The van der Waals surface area contributed by atoms with Crippen molar-refractivity contribution < 1.29 is 42.1 Å². The van der Waals surface area contributed by atoms with Gasteiger partial charge in [0.2, 0.25) is 0 Å². The van der Waals surface area contributed by atoms with Crippen LogP contribution in [0.15, 0.2) is 45.6 Å². The normalized spacial score (nSPS) is 22.3. The van der Waals surface area contributed by atoms with Gasteiger partial charge in [0.1, 0.15) is 53.2 Å². The summed E-state index contributed by atoms with van der Waals surface area (Å²) < 4.78 is 50.9. The number of hydrazone groups is 1. The van der Waals surface area contributed by atoms with Gasteiger partial charge in [0.15, 0.2) is 12.2 Å². The van der Waals surface area contributed by atoms with Gasteiger partial charge in [0.05, 0.1) is 11.2 Å². The van der Waals surface area contributed by atoms with Gasteiger partial charge in [-0.05, 0) is 18.2 Å². The lowest BCUT2D eigenvalue weighted by Gasteiger charge is -2.43. The number of nitrogens with zero attached hydrogens (tertiary/aromatic N) is 4. The van der Waals surface area contributed by atoms with E-state index in [0.717, 1.165) is 44.0 Å². The van der Waals surface area contributed by atoms with Gasteiger partial charge in [-0.2, -0.15) is 10.4 Å². The number of aliphatic imine (C=N–C) groups is 1. The number of nitriles is 1. The predicted octanol–water partition coefficient (Wildman–Crippen LogP) is 2.93. The van der Waals surface area contributed by atoms with Gasteiger partial charge in [0, 0.05) is 43.6 Å². The van der Waals surface area contributed by atoms with Crippen molar-refractivity contribution in [3.63, 3.8) is 0 Å². The second-order valence-corrected chi connectivity index (χ2v) is 10.3. The van der Waals surface area contributed by atoms with E-state index in [4.69, 9.17) is 41.7 Å². The van der Waals surface area contributed by atoms with E-state index in [9.17, 15) is 23.2 Å². The molecule has 3 unspecified atom stereocenters. The zero-order chi connectivity index (χ0) is 31.0. The minimum Gasteiger partial charge on any atom is -0.463 e. The smallest absolute Gasteiger partial charge is 0.303 e. The number of esters is 3. The number of halogens is 3. The Hall–Kier alpha value is -4.13. The molecule has 1 saturated heterocycles. The van der Waals surface area contributed by atoms with Crippen molar-refractivity contribution in [3.8, 4) is 6.07 Å². The fourth-order valence-electron chi connectivity index (χ4n) is 3.91. The number of rotatable bonds is 9. The Balaban J connectivity index is 2.11. The third-order valence-corrected chi connectivity index (χ3v) is 6.88. The number of ether oxygens (including phenoxy) is 4. The Morgan fingerprint density at radius 1 is 1.12 bits per heavy atom. The average Bonchev–Trinajstić information content (AvgIpc) is 2.90. The summed E-state index contributed by atoms with van der Waals surface area (Å²) in [6.07, 6.45) is 0.288. The Labute approximate surface area is 247 Å². The molecular formula is C26H24ClF2N5O7S. The Bertz CT molecular complexity index is 1430. The highest BCUT2D eigenvalue weighted by Gasteiger charge is 2.50. The number of pyridine rings is 1. The van der Waals surface area contributed by atoms with Crippen LogP contribution in [0, 0.1) is 23.0 Å². The molecule has 0 amide bonds. The number of carbonyl (C=O) groups is 3. The molecular weight excluding hydrogens is 600 g/mol. The highest BCUT2D eigenvalue weighted by molar-refractivity contribution is 7.99. The summed E-state index contributed by atoms with van der Waals surface area (Å²) in [6, 6.07) is 3.44. The summed E-state index contributed by atoms with van der Waals surface area (Å²) in [5, 5.41) is 12.8. The molecule has 1 aromatic heterocycles. The molecule has 2 N–H and O–H groups in total. The van der Waals surface area contributed by atoms with Gasteiger partial charge in [-0.3, -0.25) is 24.4 Å². The number of carbonyl (C=O) groups excluding carboxylic acids is 3. The van der Waals surface area contributed by atoms with Crippen LogP contribution in [0.2, 0.25) is 5.02 Å². The maximum Gasteiger partial charge on any atom is 0.303 e. The van der Waals surface area contributed by atoms with E-state index < -0.39 is 64.9 Å². The molecule has 0 bridgehead atoms. The van der Waals surface area contributed by atoms with Crippen molar-refractivity contribution in [2.24, 2.45) is 15.9 Å². The highest BCUT2D eigenvalue weighted by atomic mass is 35.5. The van der Waals surface area contributed by atoms with Gasteiger partial charge in [-0.1, -0.05) is 23.4 Å². The first-order valence-electron chi connectivity index (χ1n) is 12.0. The number of benzene rings is 1. The summed E-state index contributed by atoms with van der Waals surface area (Å²) in [6.45, 7) is 3.06. The van der Waals surface area contributed by atoms with Gasteiger partial charge in [-0.15, -0.1) is 0 Å². The third kappa shape index (κ3) is 8.44. The molecule has 0 spiro atoms. The van der Waals surface area contributed by atoms with E-state index in [1.165, 1.54) is 25.4 Å². The second-order valence-electron chi connectivity index (χ2n) is 8.66. The van der Waals surface area contributed by atoms with Crippen molar-refractivity contribution in [2.75, 3.05) is 6.61 Å². The maximum absolute atomic E-state index is 14.3. The van der Waals surface area contributed by atoms with Crippen LogP contribution in [0.5, 0.6) is 0 Å². The Morgan fingerprint density at radius 2 is 1.76 bits per heavy atom. The zero-order valence-corrected chi connectivity index (χ0v) is 23.9. The van der Waals surface area contributed by atoms with Crippen LogP contribution in [-0.2, 0) is 33.3 Å². The zero-order valence-electron chi connectivity index (χ0n) is 22.3. The van der Waals surface area contributed by atoms with E-state index in [1.54, 1.807) is 6.07 Å². The third-order valence-electron chi connectivity index (χ3n) is 5.56. The first-order chi connectivity index (χ1) is 19.9. The predicted molar refractivity (Wildman–Crippen MR) is 146 cm³/mol. The molecule has 222 valence electrons. The van der Waals surface area contributed by atoms with Crippen molar-refractivity contribution in [3.05, 3.63) is 58.4 Å². The fraction of sp³-hybridized carbons (Fsp3) is 0.346. The van der Waals surface area contributed by atoms with E-state index in [1.807, 2.05) is 0 Å². The van der Waals surface area contributed by atoms with Crippen LogP contribution in [-0.4, -0.2) is 71.2 Å². The molecule has 16 heteroatoms. The molecule has 0 radical (unpaired) electrons. The molecule has 2 heterocycles. The monoisotopic (exact) mass is 623 g/mol. The quantitative estimate of drug-likeness (QED) is 0.143. The highest BCUT2D eigenvalue weighted by Crippen LogP contribution is 2.38. The summed E-state index contributed by atoms with van der Waals surface area (Å²) >= 11 is 7.12. The summed E-state index contributed by atoms with van der Waals surface area (Å²) in [5.74, 6) is 1.04. The van der Waals surface area contributed by atoms with E-state index >= 15 is 0 Å². The number of hydrogen-bond acceptors (Lipinski definition) is 13. The number of aromatic nitrogens is 1. The van der Waals surface area contributed by atoms with Crippen LogP contribution in [0.3, 0.4) is 0 Å². The van der Waals surface area contributed by atoms with Crippen LogP contribution < -0.4 is 5.84 Å². The molecule has 1 aliphatic heterocycles. The van der Waals surface area contributed by atoms with Crippen molar-refractivity contribution in [2.45, 2.75) is 55.5 Å². The van der Waals surface area contributed by atoms with E-state index in [2.05, 4.69) is 15.1 Å². The van der Waals surface area contributed by atoms with Crippen LogP contribution in [0.25, 0.3) is 0 Å². The molecule has 2 aromatic rings. The van der Waals surface area contributed by atoms with E-state index in [0.29, 0.717) is 9.92 Å². The topological polar surface area (TPSA) is 176 Å². The first-order valence-corrected chi connectivity index (χ1v) is 13.3. The first kappa shape index (κ1) is 32.4. The number of thioether (sulfide) groups is 1. The van der Waals surface area contributed by atoms with E-state index in [-0.39, 0.29) is 17.9 Å². The number of nitrogens with two attached hydrogens (primary N) is 1. The van der Waals surface area contributed by atoms with Gasteiger partial charge in [-0.25, -0.2) is 8.78 Å². The minimum absolute atomic E-state index is 0.164.